The molecule has 3 nitrogen and oxygen atoms in total. The normalized spacial score (nSPS) is 9.64. The van der Waals surface area contributed by atoms with Gasteiger partial charge in [-0.05, 0) is 18.6 Å². The van der Waals surface area contributed by atoms with Crippen LogP contribution in [0.25, 0.3) is 0 Å². The first-order valence-electron chi connectivity index (χ1n) is 3.08. The van der Waals surface area contributed by atoms with Crippen molar-refractivity contribution in [1.29, 1.82) is 5.41 Å². The number of nitrogen functional groups attached to an aromatic ring is 1. The topological polar surface area (TPSA) is 62.8 Å². The summed E-state index contributed by atoms with van der Waals surface area (Å²) >= 11 is 0. The SMILES string of the molecule is Cc1cc(F)nc(N)c1C=N. The van der Waals surface area contributed by atoms with Crippen molar-refractivity contribution >= 4 is 12.0 Å². The fourth-order valence-electron chi connectivity index (χ4n) is 0.854. The summed E-state index contributed by atoms with van der Waals surface area (Å²) in [5, 5.41) is 6.93. The van der Waals surface area contributed by atoms with Gasteiger partial charge in [0.2, 0.25) is 5.95 Å². The van der Waals surface area contributed by atoms with Crippen molar-refractivity contribution in [3.8, 4) is 0 Å². The lowest BCUT2D eigenvalue weighted by Crippen LogP contribution is -2.01. The molecule has 1 heterocycles. The van der Waals surface area contributed by atoms with Crippen LogP contribution in [0.4, 0.5) is 10.2 Å². The highest BCUT2D eigenvalue weighted by atomic mass is 19.1. The Hall–Kier alpha value is -1.45. The minimum Gasteiger partial charge on any atom is -0.383 e. The van der Waals surface area contributed by atoms with Crippen molar-refractivity contribution in [1.82, 2.24) is 4.98 Å². The van der Waals surface area contributed by atoms with Crippen LogP contribution in [0.15, 0.2) is 6.07 Å². The quantitative estimate of drug-likeness (QED) is 0.469. The largest absolute Gasteiger partial charge is 0.383 e. The molecule has 4 heteroatoms. The maximum atomic E-state index is 12.5. The molecule has 0 atom stereocenters. The summed E-state index contributed by atoms with van der Waals surface area (Å²) in [6.45, 7) is 1.68. The van der Waals surface area contributed by atoms with Gasteiger partial charge in [-0.2, -0.15) is 4.39 Å². The van der Waals surface area contributed by atoms with Crippen molar-refractivity contribution in [2.75, 3.05) is 5.73 Å². The van der Waals surface area contributed by atoms with E-state index in [4.69, 9.17) is 11.1 Å². The zero-order chi connectivity index (χ0) is 8.43. The number of anilines is 1. The van der Waals surface area contributed by atoms with E-state index in [1.54, 1.807) is 6.92 Å². The summed E-state index contributed by atoms with van der Waals surface area (Å²) in [4.78, 5) is 3.37. The van der Waals surface area contributed by atoms with E-state index in [-0.39, 0.29) is 5.82 Å². The summed E-state index contributed by atoms with van der Waals surface area (Å²) < 4.78 is 12.5. The second-order valence-corrected chi connectivity index (χ2v) is 2.21. The molecule has 0 aromatic carbocycles. The highest BCUT2D eigenvalue weighted by Gasteiger charge is 2.03. The number of nitrogens with zero attached hydrogens (tertiary/aromatic N) is 1. The fourth-order valence-corrected chi connectivity index (χ4v) is 0.854. The zero-order valence-electron chi connectivity index (χ0n) is 6.06. The first-order valence-corrected chi connectivity index (χ1v) is 3.08. The number of nitrogens with one attached hydrogen (secondary N) is 1. The predicted octanol–water partition coefficient (Wildman–Crippen LogP) is 1.11. The molecule has 0 unspecified atom stereocenters. The van der Waals surface area contributed by atoms with Crippen molar-refractivity contribution in [3.05, 3.63) is 23.1 Å². The van der Waals surface area contributed by atoms with Gasteiger partial charge in [-0.1, -0.05) is 0 Å². The molecule has 0 aliphatic carbocycles. The van der Waals surface area contributed by atoms with E-state index >= 15 is 0 Å². The number of rotatable bonds is 1. The second-order valence-electron chi connectivity index (χ2n) is 2.21. The van der Waals surface area contributed by atoms with Crippen LogP contribution >= 0.6 is 0 Å². The van der Waals surface area contributed by atoms with Gasteiger partial charge in [0.05, 0.1) is 0 Å². The Bertz CT molecular complexity index is 273. The highest BCUT2D eigenvalue weighted by molar-refractivity contribution is 5.85. The Balaban J connectivity index is 3.36. The van der Waals surface area contributed by atoms with E-state index in [0.717, 1.165) is 6.21 Å². The minimum absolute atomic E-state index is 0.0671. The van der Waals surface area contributed by atoms with Crippen LogP contribution in [-0.4, -0.2) is 11.2 Å². The minimum atomic E-state index is -0.606. The number of pyridine rings is 1. The lowest BCUT2D eigenvalue weighted by Gasteiger charge is -2.01. The number of aryl methyl sites for hydroxylation is 1. The van der Waals surface area contributed by atoms with Gasteiger partial charge in [-0.3, -0.25) is 0 Å². The molecule has 0 saturated carbocycles. The molecule has 0 aliphatic rings. The van der Waals surface area contributed by atoms with Crippen molar-refractivity contribution in [2.45, 2.75) is 6.92 Å². The zero-order valence-corrected chi connectivity index (χ0v) is 6.06. The molecular formula is C7H8FN3. The molecule has 0 amide bonds. The van der Waals surface area contributed by atoms with Gasteiger partial charge in [-0.25, -0.2) is 4.98 Å². The number of halogens is 1. The van der Waals surface area contributed by atoms with Gasteiger partial charge in [0, 0.05) is 11.8 Å². The molecule has 3 N–H and O–H groups in total. The summed E-state index contributed by atoms with van der Waals surface area (Å²) in [6, 6.07) is 1.25. The van der Waals surface area contributed by atoms with E-state index < -0.39 is 5.95 Å². The third-order valence-electron chi connectivity index (χ3n) is 1.41. The molecule has 0 saturated heterocycles. The molecule has 1 aromatic rings. The van der Waals surface area contributed by atoms with Crippen LogP contribution in [-0.2, 0) is 0 Å². The van der Waals surface area contributed by atoms with Crippen LogP contribution in [0.2, 0.25) is 0 Å². The van der Waals surface area contributed by atoms with Crippen LogP contribution in [0.5, 0.6) is 0 Å². The molecular weight excluding hydrogens is 145 g/mol. The molecule has 0 bridgehead atoms. The van der Waals surface area contributed by atoms with E-state index in [9.17, 15) is 4.39 Å². The van der Waals surface area contributed by atoms with Gasteiger partial charge >= 0.3 is 0 Å². The van der Waals surface area contributed by atoms with Gasteiger partial charge in [0.1, 0.15) is 5.82 Å². The van der Waals surface area contributed by atoms with Gasteiger partial charge in [-0.15, -0.1) is 0 Å². The summed E-state index contributed by atoms with van der Waals surface area (Å²) in [5.74, 6) is -0.539. The highest BCUT2D eigenvalue weighted by Crippen LogP contribution is 2.12. The standard InChI is InChI=1S/C7H8FN3/c1-4-2-6(8)11-7(10)5(4)3-9/h2-3,9H,1H3,(H2,10,11). The molecule has 0 radical (unpaired) electrons. The number of nitrogens with two attached hydrogens (primary N) is 1. The van der Waals surface area contributed by atoms with Gasteiger partial charge in [0.25, 0.3) is 0 Å². The third-order valence-corrected chi connectivity index (χ3v) is 1.41. The van der Waals surface area contributed by atoms with Crippen molar-refractivity contribution in [2.24, 2.45) is 0 Å². The number of hydrogen-bond acceptors (Lipinski definition) is 3. The molecule has 58 valence electrons. The van der Waals surface area contributed by atoms with Crippen molar-refractivity contribution in [3.63, 3.8) is 0 Å². The third kappa shape index (κ3) is 1.34. The molecule has 0 aliphatic heterocycles. The van der Waals surface area contributed by atoms with Crippen LogP contribution in [0.3, 0.4) is 0 Å². The fraction of sp³-hybridized carbons (Fsp3) is 0.143. The predicted molar refractivity (Wildman–Crippen MR) is 41.2 cm³/mol. The maximum Gasteiger partial charge on any atom is 0.215 e. The molecule has 1 rings (SSSR count). The van der Waals surface area contributed by atoms with Crippen LogP contribution < -0.4 is 5.73 Å². The van der Waals surface area contributed by atoms with Gasteiger partial charge in [0.15, 0.2) is 0 Å². The average molecular weight is 153 g/mol. The Morgan fingerprint density at radius 2 is 2.36 bits per heavy atom. The molecule has 0 spiro atoms. The van der Waals surface area contributed by atoms with E-state index in [0.29, 0.717) is 11.1 Å². The Kier molecular flexibility index (Phi) is 1.85. The maximum absolute atomic E-state index is 12.5. The number of hydrogen-bond donors (Lipinski definition) is 2. The van der Waals surface area contributed by atoms with Crippen molar-refractivity contribution < 1.29 is 4.39 Å². The van der Waals surface area contributed by atoms with E-state index in [1.165, 1.54) is 6.07 Å². The summed E-state index contributed by atoms with van der Waals surface area (Å²) in [5.41, 5.74) is 6.44. The lowest BCUT2D eigenvalue weighted by molar-refractivity contribution is 0.584. The first kappa shape index (κ1) is 7.65. The smallest absolute Gasteiger partial charge is 0.215 e. The van der Waals surface area contributed by atoms with Gasteiger partial charge < -0.3 is 11.1 Å². The second kappa shape index (κ2) is 2.65. The monoisotopic (exact) mass is 153 g/mol. The number of aromatic nitrogens is 1. The summed E-state index contributed by atoms with van der Waals surface area (Å²) in [6.07, 6.45) is 1.07. The average Bonchev–Trinajstić information content (AvgIpc) is 1.85. The Morgan fingerprint density at radius 3 is 2.82 bits per heavy atom. The summed E-state index contributed by atoms with van der Waals surface area (Å²) in [7, 11) is 0. The molecule has 1 aromatic heterocycles. The molecule has 0 fully saturated rings. The first-order chi connectivity index (χ1) is 5.15. The van der Waals surface area contributed by atoms with E-state index in [2.05, 4.69) is 4.98 Å². The van der Waals surface area contributed by atoms with Crippen LogP contribution in [0, 0.1) is 18.3 Å². The Labute approximate surface area is 63.6 Å². The van der Waals surface area contributed by atoms with E-state index in [1.807, 2.05) is 0 Å². The Morgan fingerprint density at radius 1 is 1.73 bits per heavy atom. The lowest BCUT2D eigenvalue weighted by atomic mass is 10.1. The molecule has 11 heavy (non-hydrogen) atoms. The van der Waals surface area contributed by atoms with Crippen LogP contribution in [0.1, 0.15) is 11.1 Å².